The van der Waals surface area contributed by atoms with Gasteiger partial charge in [0.05, 0.1) is 11.0 Å². The van der Waals surface area contributed by atoms with Crippen molar-refractivity contribution >= 4 is 33.6 Å². The third-order valence-electron chi connectivity index (χ3n) is 2.12. The molecule has 0 atom stereocenters. The van der Waals surface area contributed by atoms with Crippen LogP contribution in [0, 0.1) is 0 Å². The molecule has 6 nitrogen and oxygen atoms in total. The minimum atomic E-state index is -0.0356. The number of nitrogens with one attached hydrogen (secondary N) is 2. The molecule has 86 valence electrons. The van der Waals surface area contributed by atoms with Crippen molar-refractivity contribution in [2.45, 2.75) is 18.9 Å². The maximum atomic E-state index is 11.4. The van der Waals surface area contributed by atoms with Gasteiger partial charge in [0.2, 0.25) is 11.9 Å². The number of halogens is 1. The Morgan fingerprint density at radius 2 is 2.38 bits per heavy atom. The molecule has 1 heterocycles. The molecule has 7 heteroatoms. The quantitative estimate of drug-likeness (QED) is 0.750. The van der Waals surface area contributed by atoms with Crippen LogP contribution < -0.4 is 16.4 Å². The highest BCUT2D eigenvalue weighted by Gasteiger charge is 2.22. The Bertz CT molecular complexity index is 407. The van der Waals surface area contributed by atoms with Gasteiger partial charge in [-0.2, -0.15) is 4.98 Å². The van der Waals surface area contributed by atoms with Gasteiger partial charge >= 0.3 is 0 Å². The SMILES string of the molecule is Nc1ncc(Br)c(NCC(=O)NC2CC2)n1. The lowest BCUT2D eigenvalue weighted by molar-refractivity contribution is -0.119. The van der Waals surface area contributed by atoms with Crippen LogP contribution in [0.5, 0.6) is 0 Å². The average Bonchev–Trinajstić information content (AvgIpc) is 3.03. The maximum Gasteiger partial charge on any atom is 0.239 e. The van der Waals surface area contributed by atoms with Gasteiger partial charge < -0.3 is 16.4 Å². The molecule has 0 bridgehead atoms. The monoisotopic (exact) mass is 285 g/mol. The number of carbonyl (C=O) groups is 1. The predicted octanol–water partition coefficient (Wildman–Crippen LogP) is 0.512. The fraction of sp³-hybridized carbons (Fsp3) is 0.444. The van der Waals surface area contributed by atoms with Crippen molar-refractivity contribution in [3.63, 3.8) is 0 Å². The number of nitrogens with zero attached hydrogens (tertiary/aromatic N) is 2. The van der Waals surface area contributed by atoms with Crippen LogP contribution in [0.4, 0.5) is 11.8 Å². The van der Waals surface area contributed by atoms with Crippen molar-refractivity contribution in [2.24, 2.45) is 0 Å². The van der Waals surface area contributed by atoms with Crippen molar-refractivity contribution in [3.05, 3.63) is 10.7 Å². The topological polar surface area (TPSA) is 92.9 Å². The highest BCUT2D eigenvalue weighted by molar-refractivity contribution is 9.10. The lowest BCUT2D eigenvalue weighted by atomic mass is 10.5. The van der Waals surface area contributed by atoms with Gasteiger partial charge in [-0.15, -0.1) is 0 Å². The first kappa shape index (κ1) is 11.1. The van der Waals surface area contributed by atoms with Crippen LogP contribution in [0.15, 0.2) is 10.7 Å². The van der Waals surface area contributed by atoms with Crippen molar-refractivity contribution in [2.75, 3.05) is 17.6 Å². The number of aromatic nitrogens is 2. The second kappa shape index (κ2) is 4.65. The second-order valence-corrected chi connectivity index (χ2v) is 4.47. The molecule has 1 aromatic rings. The minimum Gasteiger partial charge on any atom is -0.368 e. The first-order chi connectivity index (χ1) is 7.65. The Morgan fingerprint density at radius 1 is 1.62 bits per heavy atom. The molecule has 0 spiro atoms. The smallest absolute Gasteiger partial charge is 0.239 e. The van der Waals surface area contributed by atoms with E-state index in [4.69, 9.17) is 5.73 Å². The van der Waals surface area contributed by atoms with Gasteiger partial charge in [0.1, 0.15) is 5.82 Å². The predicted molar refractivity (Wildman–Crippen MR) is 63.8 cm³/mol. The summed E-state index contributed by atoms with van der Waals surface area (Å²) in [4.78, 5) is 19.2. The highest BCUT2D eigenvalue weighted by atomic mass is 79.9. The summed E-state index contributed by atoms with van der Waals surface area (Å²) in [5.41, 5.74) is 5.44. The normalized spacial score (nSPS) is 14.6. The van der Waals surface area contributed by atoms with Gasteiger partial charge in [0.15, 0.2) is 0 Å². The number of hydrogen-bond donors (Lipinski definition) is 3. The number of carbonyl (C=O) groups excluding carboxylic acids is 1. The number of nitrogens with two attached hydrogens (primary N) is 1. The molecule has 0 aromatic carbocycles. The van der Waals surface area contributed by atoms with Crippen LogP contribution in [-0.4, -0.2) is 28.5 Å². The average molecular weight is 286 g/mol. The summed E-state index contributed by atoms with van der Waals surface area (Å²) in [5, 5.41) is 5.76. The molecule has 1 aliphatic rings. The van der Waals surface area contributed by atoms with E-state index in [-0.39, 0.29) is 18.4 Å². The van der Waals surface area contributed by atoms with Gasteiger partial charge in [0, 0.05) is 12.2 Å². The number of amides is 1. The van der Waals surface area contributed by atoms with Gasteiger partial charge in [-0.25, -0.2) is 4.98 Å². The molecule has 0 saturated heterocycles. The molecule has 1 fully saturated rings. The Kier molecular flexibility index (Phi) is 3.23. The number of anilines is 2. The molecule has 0 aliphatic heterocycles. The molecule has 1 aliphatic carbocycles. The molecule has 0 unspecified atom stereocenters. The van der Waals surface area contributed by atoms with Crippen molar-refractivity contribution in [1.29, 1.82) is 0 Å². The van der Waals surface area contributed by atoms with Crippen LogP contribution in [0.25, 0.3) is 0 Å². The molecule has 2 rings (SSSR count). The van der Waals surface area contributed by atoms with Crippen molar-refractivity contribution < 1.29 is 4.79 Å². The standard InChI is InChI=1S/C9H12BrN5O/c10-6-3-13-9(11)15-8(6)12-4-7(16)14-5-1-2-5/h3,5H,1-2,4H2,(H,14,16)(H3,11,12,13,15). The fourth-order valence-corrected chi connectivity index (χ4v) is 1.51. The van der Waals surface area contributed by atoms with Gasteiger partial charge in [-0.3, -0.25) is 4.79 Å². The molecule has 1 amide bonds. The van der Waals surface area contributed by atoms with Crippen LogP contribution >= 0.6 is 15.9 Å². The van der Waals surface area contributed by atoms with E-state index in [2.05, 4.69) is 36.5 Å². The van der Waals surface area contributed by atoms with E-state index in [1.165, 1.54) is 0 Å². The van der Waals surface area contributed by atoms with E-state index in [0.717, 1.165) is 12.8 Å². The van der Waals surface area contributed by atoms with Gasteiger partial charge in [-0.05, 0) is 28.8 Å². The Hall–Kier alpha value is -1.37. The largest absolute Gasteiger partial charge is 0.368 e. The summed E-state index contributed by atoms with van der Waals surface area (Å²) in [6.07, 6.45) is 3.70. The lowest BCUT2D eigenvalue weighted by Gasteiger charge is -2.07. The molecule has 1 saturated carbocycles. The van der Waals surface area contributed by atoms with Crippen molar-refractivity contribution in [1.82, 2.24) is 15.3 Å². The number of nitrogen functional groups attached to an aromatic ring is 1. The molecular formula is C9H12BrN5O. The van der Waals surface area contributed by atoms with E-state index in [1.807, 2.05) is 0 Å². The number of rotatable bonds is 4. The Labute approximate surface area is 101 Å². The Balaban J connectivity index is 1.87. The Morgan fingerprint density at radius 3 is 3.06 bits per heavy atom. The zero-order valence-electron chi connectivity index (χ0n) is 8.53. The second-order valence-electron chi connectivity index (χ2n) is 3.62. The summed E-state index contributed by atoms with van der Waals surface area (Å²) < 4.78 is 0.681. The van der Waals surface area contributed by atoms with Gasteiger partial charge in [0.25, 0.3) is 0 Å². The van der Waals surface area contributed by atoms with Crippen LogP contribution in [0.2, 0.25) is 0 Å². The minimum absolute atomic E-state index is 0.0356. The fourth-order valence-electron chi connectivity index (χ4n) is 1.18. The van der Waals surface area contributed by atoms with Crippen LogP contribution in [-0.2, 0) is 4.79 Å². The zero-order chi connectivity index (χ0) is 11.5. The third kappa shape index (κ3) is 3.06. The van der Waals surface area contributed by atoms with Crippen LogP contribution in [0.3, 0.4) is 0 Å². The zero-order valence-corrected chi connectivity index (χ0v) is 10.1. The molecular weight excluding hydrogens is 274 g/mol. The van der Waals surface area contributed by atoms with Crippen molar-refractivity contribution in [3.8, 4) is 0 Å². The van der Waals surface area contributed by atoms with E-state index in [9.17, 15) is 4.79 Å². The van der Waals surface area contributed by atoms with Crippen LogP contribution in [0.1, 0.15) is 12.8 Å². The molecule has 1 aromatic heterocycles. The summed E-state index contributed by atoms with van der Waals surface area (Å²) in [7, 11) is 0. The van der Waals surface area contributed by atoms with E-state index in [0.29, 0.717) is 16.3 Å². The maximum absolute atomic E-state index is 11.4. The molecule has 0 radical (unpaired) electrons. The third-order valence-corrected chi connectivity index (χ3v) is 2.70. The summed E-state index contributed by atoms with van der Waals surface area (Å²) in [5.74, 6) is 0.665. The van der Waals surface area contributed by atoms with E-state index >= 15 is 0 Å². The molecule has 4 N–H and O–H groups in total. The first-order valence-electron chi connectivity index (χ1n) is 4.96. The summed E-state index contributed by atoms with van der Waals surface area (Å²) in [6, 6.07) is 0.369. The summed E-state index contributed by atoms with van der Waals surface area (Å²) in [6.45, 7) is 0.186. The van der Waals surface area contributed by atoms with E-state index in [1.54, 1.807) is 6.20 Å². The first-order valence-corrected chi connectivity index (χ1v) is 5.75. The van der Waals surface area contributed by atoms with Gasteiger partial charge in [-0.1, -0.05) is 0 Å². The number of hydrogen-bond acceptors (Lipinski definition) is 5. The summed E-state index contributed by atoms with van der Waals surface area (Å²) >= 11 is 3.27. The highest BCUT2D eigenvalue weighted by Crippen LogP contribution is 2.20. The van der Waals surface area contributed by atoms with E-state index < -0.39 is 0 Å². The molecule has 16 heavy (non-hydrogen) atoms. The lowest BCUT2D eigenvalue weighted by Crippen LogP contribution is -2.31.